The van der Waals surface area contributed by atoms with Gasteiger partial charge in [0.05, 0.1) is 17.7 Å². The number of benzene rings is 1. The average molecular weight is 1790 g/mol. The van der Waals surface area contributed by atoms with Crippen LogP contribution in [0.2, 0.25) is 0 Å². The molecular weight excluding hydrogens is 1690 g/mol. The maximum absolute atomic E-state index is 12.7. The topological polar surface area (TPSA) is 521 Å². The van der Waals surface area contributed by atoms with Gasteiger partial charge in [0.15, 0.2) is 29.1 Å². The second-order valence-corrected chi connectivity index (χ2v) is 31.4. The highest BCUT2D eigenvalue weighted by atomic mass is 16.3. The molecule has 1 aromatic carbocycles. The van der Waals surface area contributed by atoms with Crippen LogP contribution in [0.1, 0.15) is 121 Å². The quantitative estimate of drug-likeness (QED) is 0.0507. The second-order valence-electron chi connectivity index (χ2n) is 31.4. The smallest absolute Gasteiger partial charge is 0.255 e. The van der Waals surface area contributed by atoms with Gasteiger partial charge >= 0.3 is 0 Å². The number of aromatic nitrogens is 21. The molecule has 0 aliphatic carbocycles. The van der Waals surface area contributed by atoms with Crippen LogP contribution in [0.5, 0.6) is 0 Å². The van der Waals surface area contributed by atoms with Crippen LogP contribution in [0.4, 0.5) is 29.7 Å². The molecule has 0 bridgehead atoms. The number of anilines is 5. The number of aliphatic hydroxyl groups is 1. The zero-order valence-corrected chi connectivity index (χ0v) is 74.0. The number of likely N-dealkylation sites (tertiary alicyclic amines) is 5. The fourth-order valence-corrected chi connectivity index (χ4v) is 15.0. The molecule has 3 atom stereocenters. The van der Waals surface area contributed by atoms with Gasteiger partial charge in [-0.15, -0.1) is 0 Å². The summed E-state index contributed by atoms with van der Waals surface area (Å²) >= 11 is 0. The van der Waals surface area contributed by atoms with Crippen molar-refractivity contribution in [3.05, 3.63) is 217 Å². The summed E-state index contributed by atoms with van der Waals surface area (Å²) in [6, 6.07) is 39.1. The fourth-order valence-electron chi connectivity index (χ4n) is 15.0. The van der Waals surface area contributed by atoms with Gasteiger partial charge in [0.25, 0.3) is 11.8 Å². The number of hydrogen-bond acceptors (Lipinski definition) is 32. The van der Waals surface area contributed by atoms with E-state index in [1.54, 1.807) is 142 Å². The second kappa shape index (κ2) is 45.3. The van der Waals surface area contributed by atoms with E-state index >= 15 is 0 Å². The Morgan fingerprint density at radius 3 is 0.932 bits per heavy atom. The minimum Gasteiger partial charge on any atom is -0.391 e. The van der Waals surface area contributed by atoms with Crippen molar-refractivity contribution < 1.29 is 48.3 Å². The van der Waals surface area contributed by atoms with Crippen LogP contribution in [0.25, 0.3) is 57.6 Å². The first-order valence-corrected chi connectivity index (χ1v) is 43.0. The van der Waals surface area contributed by atoms with Gasteiger partial charge in [-0.25, -0.2) is 24.9 Å². The van der Waals surface area contributed by atoms with E-state index in [1.165, 1.54) is 11.8 Å². The number of piperidine rings is 3. The molecule has 12 aromatic rings. The third-order valence-electron chi connectivity index (χ3n) is 21.7. The average Bonchev–Trinajstić information content (AvgIpc) is 1.69. The van der Waals surface area contributed by atoms with E-state index in [1.807, 2.05) is 103 Å². The van der Waals surface area contributed by atoms with Gasteiger partial charge in [-0.2, -0.15) is 49.8 Å². The summed E-state index contributed by atoms with van der Waals surface area (Å²) in [7, 11) is 1.95. The summed E-state index contributed by atoms with van der Waals surface area (Å²) in [5.74, 6) is 3.82. The van der Waals surface area contributed by atoms with Crippen LogP contribution in [0.3, 0.4) is 0 Å². The maximum Gasteiger partial charge on any atom is 0.255 e. The number of aliphatic hydroxyl groups excluding tert-OH is 1. The number of pyridine rings is 6. The lowest BCUT2D eigenvalue weighted by Crippen LogP contribution is -2.42. The molecule has 16 heterocycles. The van der Waals surface area contributed by atoms with Crippen molar-refractivity contribution >= 4 is 82.9 Å². The van der Waals surface area contributed by atoms with E-state index in [4.69, 9.17) is 0 Å². The van der Waals surface area contributed by atoms with Gasteiger partial charge in [0.1, 0.15) is 63.6 Å². The normalized spacial score (nSPS) is 16.2. The lowest BCUT2D eigenvalue weighted by Gasteiger charge is -2.31. The first-order valence-electron chi connectivity index (χ1n) is 43.0. The number of hydrogen-bond donors (Lipinski definition) is 6. The molecule has 0 saturated carbocycles. The number of nitrogens with one attached hydrogen (secondary N) is 5. The highest BCUT2D eigenvalue weighted by Crippen LogP contribution is 2.28. The predicted octanol–water partition coefficient (Wildman–Crippen LogP) is 7.74. The van der Waals surface area contributed by atoms with Gasteiger partial charge in [0.2, 0.25) is 71.1 Å². The minimum atomic E-state index is -0.747. The molecule has 5 aliphatic heterocycles. The molecule has 678 valence electrons. The van der Waals surface area contributed by atoms with Crippen LogP contribution in [-0.4, -0.2) is 265 Å². The molecule has 6 N–H and O–H groups in total. The number of amides is 9. The van der Waals surface area contributed by atoms with Crippen LogP contribution < -0.4 is 26.6 Å². The third kappa shape index (κ3) is 26.3. The standard InChI is InChI=1S/C22H22N6O2.C21H21N7O2.C17H20N6O2.C16H18N6O3.C15H18N6O/c1-15-24-19(18-9-5-6-12-23-18)26-22(25-15)27-20(29)16-10-13-28(14-11-16)21(30)17-7-3-2-4-8-17;1-14-24-18(17-6-2-3-10-23-17)26-21(25-14)27-19(29)15-7-11-28(12-8-15)20(30)16-5-4-9-22-13-16;1-11-19-15(14-5-3-4-8-18-14)21-17(20-11)22-16(25)13-6-9-23(10-7-13)12(2)24;1-9-18-14(12-5-3-4-6-17-12)20-16(19-9)21-15(25)13-7-11(24)8-22(13)10(2)23;1-10-17-13(11-6-3-4-8-16-11)19-15(18-10)20-14(22)12-7-5-9-21(12)2/h2-9,12,16H,10-11,13-14H2,1H3,(H,24,25,26,27,29);2-6,9-10,13,15H,7-8,11-12H2,1H3,(H,24,25,26,27,29);3-5,8,13H,6-7,9-10H2,1-2H3,(H,19,20,21,22,25);3-6,11,13,24H,7-8H2,1-2H3,(H,18,19,20,21,25);3-4,6,8,12H,5,7,9H2,1-2H3,(H,17,18,19,20,22)/t;;;11-,13?;12-/m...10/s1. The molecule has 132 heavy (non-hydrogen) atoms. The molecule has 9 amide bonds. The summed E-state index contributed by atoms with van der Waals surface area (Å²) in [5.41, 5.74) is 4.29. The molecule has 5 saturated heterocycles. The molecule has 11 aromatic heterocycles. The van der Waals surface area contributed by atoms with Crippen molar-refractivity contribution in [3.8, 4) is 57.6 Å². The summed E-state index contributed by atoms with van der Waals surface area (Å²) in [6.45, 7) is 16.0. The number of rotatable bonds is 17. The number of carbonyl (C=O) groups is 9. The SMILES string of the molecule is CC(=O)N1CCC(C(=O)Nc2nc(C)nc(-c3ccccn3)n2)CC1.CC(=O)N1C[C@H](O)CC1C(=O)Nc1nc(C)nc(-c2ccccn2)n1.Cc1nc(NC(=O)C2CCN(C(=O)c3ccccc3)CC2)nc(-c2ccccn2)n1.Cc1nc(NC(=O)C2CCN(C(=O)c3cccnc3)CC2)nc(-c2ccccn2)n1.Cc1nc(NC(=O)[C@@H]2CCCN2C)nc(-c2ccccn2)n1. The molecule has 0 spiro atoms. The van der Waals surface area contributed by atoms with Gasteiger partial charge in [-0.1, -0.05) is 48.5 Å². The number of likely N-dealkylation sites (N-methyl/N-ethyl adjacent to an activating group) is 1. The predicted molar refractivity (Wildman–Crippen MR) is 482 cm³/mol. The lowest BCUT2D eigenvalue weighted by atomic mass is 9.95. The molecule has 41 heteroatoms. The van der Waals surface area contributed by atoms with Gasteiger partial charge in [0, 0.05) is 133 Å². The minimum absolute atomic E-state index is 0.00236. The summed E-state index contributed by atoms with van der Waals surface area (Å²) < 4.78 is 0. The van der Waals surface area contributed by atoms with Crippen molar-refractivity contribution in [2.24, 2.45) is 17.8 Å². The van der Waals surface area contributed by atoms with Crippen molar-refractivity contribution in [2.75, 3.05) is 86.0 Å². The zero-order chi connectivity index (χ0) is 93.2. The fraction of sp³-hybridized carbons (Fsp3) is 0.341. The van der Waals surface area contributed by atoms with Crippen molar-refractivity contribution in [1.82, 2.24) is 129 Å². The van der Waals surface area contributed by atoms with E-state index in [9.17, 15) is 48.3 Å². The van der Waals surface area contributed by atoms with Crippen molar-refractivity contribution in [3.63, 3.8) is 0 Å². The summed E-state index contributed by atoms with van der Waals surface area (Å²) in [4.78, 5) is 209. The van der Waals surface area contributed by atoms with Gasteiger partial charge in [-0.05, 0) is 185 Å². The van der Waals surface area contributed by atoms with Crippen LogP contribution in [0.15, 0.2) is 177 Å². The molecule has 1 unspecified atom stereocenters. The van der Waals surface area contributed by atoms with Gasteiger partial charge < -0.3 is 24.7 Å². The van der Waals surface area contributed by atoms with Crippen molar-refractivity contribution in [1.29, 1.82) is 0 Å². The largest absolute Gasteiger partial charge is 0.391 e. The Labute approximate surface area is 759 Å². The summed E-state index contributed by atoms with van der Waals surface area (Å²) in [5, 5.41) is 23.5. The van der Waals surface area contributed by atoms with Crippen LogP contribution in [-0.2, 0) is 33.6 Å². The Morgan fingerprint density at radius 2 is 0.636 bits per heavy atom. The highest BCUT2D eigenvalue weighted by Gasteiger charge is 2.39. The number of nitrogens with zero attached hydrogens (tertiary/aromatic N) is 26. The van der Waals surface area contributed by atoms with Crippen LogP contribution in [0, 0.1) is 52.4 Å². The Bertz CT molecular complexity index is 5820. The monoisotopic (exact) mass is 1790 g/mol. The highest BCUT2D eigenvalue weighted by molar-refractivity contribution is 5.98. The Kier molecular flexibility index (Phi) is 32.3. The number of β-amino-alcohol motifs (C(OH)–C–C–N with tert-alkyl or cyclic N) is 1. The number of carbonyl (C=O) groups excluding carboxylic acids is 9. The van der Waals surface area contributed by atoms with E-state index in [0.29, 0.717) is 176 Å². The van der Waals surface area contributed by atoms with E-state index in [0.717, 1.165) is 19.4 Å². The molecule has 0 radical (unpaired) electrons. The van der Waals surface area contributed by atoms with E-state index in [2.05, 4.69) is 131 Å². The zero-order valence-electron chi connectivity index (χ0n) is 74.0. The summed E-state index contributed by atoms with van der Waals surface area (Å²) in [6.07, 6.45) is 16.5. The molecule has 41 nitrogen and oxygen atoms in total. The first kappa shape index (κ1) is 93.9. The maximum atomic E-state index is 12.7. The number of aryl methyl sites for hydroxylation is 5. The molecule has 5 aliphatic rings. The molecule has 5 fully saturated rings. The Morgan fingerprint density at radius 1 is 0.326 bits per heavy atom. The first-order chi connectivity index (χ1) is 63.8. The lowest BCUT2D eigenvalue weighted by molar-refractivity contribution is -0.134. The van der Waals surface area contributed by atoms with E-state index < -0.39 is 18.1 Å². The molecular formula is C91H99N31O10. The Balaban J connectivity index is 0.000000141. The third-order valence-corrected chi connectivity index (χ3v) is 21.7. The van der Waals surface area contributed by atoms with Crippen molar-refractivity contribution in [2.45, 2.75) is 124 Å². The Hall–Kier alpha value is -15.7. The van der Waals surface area contributed by atoms with E-state index in [-0.39, 0.29) is 114 Å². The van der Waals surface area contributed by atoms with Crippen LogP contribution >= 0.6 is 0 Å². The van der Waals surface area contributed by atoms with Gasteiger partial charge in [-0.3, -0.25) is 105 Å². The molecule has 17 rings (SSSR count).